The molecule has 0 saturated carbocycles. The van der Waals surface area contributed by atoms with Crippen molar-refractivity contribution < 1.29 is 13.2 Å². The first kappa shape index (κ1) is 21.6. The number of para-hydroxylation sites is 1. The standard InChI is InChI=1S/C20H16Cl2N2O3S2/c21-14-7-9-15(10-8-14)29(26,27)13-12-28-18-6-2-1-5-17(18)24-20(25)16-4-3-11-23-19(16)22/h1-11H,12-13H2,(H,24,25). The Balaban J connectivity index is 1.67. The fraction of sp³-hybridized carbons (Fsp3) is 0.100. The molecule has 0 aliphatic rings. The Hall–Kier alpha value is -2.06. The molecule has 3 aromatic rings. The third kappa shape index (κ3) is 5.73. The van der Waals surface area contributed by atoms with Crippen molar-refractivity contribution in [2.45, 2.75) is 9.79 Å². The van der Waals surface area contributed by atoms with Gasteiger partial charge in [0.05, 0.1) is 21.9 Å². The molecule has 0 aliphatic carbocycles. The van der Waals surface area contributed by atoms with Gasteiger partial charge in [-0.3, -0.25) is 4.79 Å². The van der Waals surface area contributed by atoms with Crippen molar-refractivity contribution in [1.82, 2.24) is 4.98 Å². The van der Waals surface area contributed by atoms with Gasteiger partial charge in [0.25, 0.3) is 5.91 Å². The predicted molar refractivity (Wildman–Crippen MR) is 118 cm³/mol. The highest BCUT2D eigenvalue weighted by molar-refractivity contribution is 8.00. The van der Waals surface area contributed by atoms with Gasteiger partial charge in [-0.1, -0.05) is 35.3 Å². The zero-order valence-electron chi connectivity index (χ0n) is 15.0. The van der Waals surface area contributed by atoms with Crippen LogP contribution in [0.4, 0.5) is 5.69 Å². The lowest BCUT2D eigenvalue weighted by atomic mass is 10.2. The van der Waals surface area contributed by atoms with Crippen molar-refractivity contribution in [3.8, 4) is 0 Å². The van der Waals surface area contributed by atoms with Crippen molar-refractivity contribution in [2.24, 2.45) is 0 Å². The van der Waals surface area contributed by atoms with Crippen LogP contribution in [-0.4, -0.2) is 30.8 Å². The Morgan fingerprint density at radius 2 is 1.72 bits per heavy atom. The third-order valence-corrected chi connectivity index (χ3v) is 7.54. The van der Waals surface area contributed by atoms with Gasteiger partial charge in [0.2, 0.25) is 0 Å². The number of carbonyl (C=O) groups is 1. The fourth-order valence-electron chi connectivity index (χ4n) is 2.46. The number of carbonyl (C=O) groups excluding carboxylic acids is 1. The van der Waals surface area contributed by atoms with Gasteiger partial charge in [-0.15, -0.1) is 11.8 Å². The third-order valence-electron chi connectivity index (χ3n) is 3.92. The van der Waals surface area contributed by atoms with Crippen LogP contribution in [-0.2, 0) is 9.84 Å². The number of rotatable bonds is 7. The Morgan fingerprint density at radius 1 is 1.00 bits per heavy atom. The maximum absolute atomic E-state index is 12.5. The van der Waals surface area contributed by atoms with Crippen LogP contribution in [0.25, 0.3) is 0 Å². The molecule has 1 heterocycles. The van der Waals surface area contributed by atoms with Gasteiger partial charge in [0, 0.05) is 21.9 Å². The second-order valence-corrected chi connectivity index (χ2v) is 9.95. The predicted octanol–water partition coefficient (Wildman–Crippen LogP) is 5.21. The van der Waals surface area contributed by atoms with E-state index in [4.69, 9.17) is 23.2 Å². The van der Waals surface area contributed by atoms with Gasteiger partial charge in [0.1, 0.15) is 5.15 Å². The smallest absolute Gasteiger partial charge is 0.258 e. The Morgan fingerprint density at radius 3 is 2.45 bits per heavy atom. The summed E-state index contributed by atoms with van der Waals surface area (Å²) in [6.07, 6.45) is 1.50. The molecule has 0 fully saturated rings. The zero-order valence-corrected chi connectivity index (χ0v) is 18.2. The summed E-state index contributed by atoms with van der Waals surface area (Å²) in [6, 6.07) is 16.5. The molecule has 0 bridgehead atoms. The monoisotopic (exact) mass is 466 g/mol. The molecular weight excluding hydrogens is 451 g/mol. The molecule has 0 spiro atoms. The van der Waals surface area contributed by atoms with E-state index in [1.54, 1.807) is 36.4 Å². The Labute approximate surface area is 183 Å². The molecule has 2 aromatic carbocycles. The van der Waals surface area contributed by atoms with Crippen LogP contribution in [0.2, 0.25) is 10.2 Å². The van der Waals surface area contributed by atoms with Crippen molar-refractivity contribution in [1.29, 1.82) is 0 Å². The van der Waals surface area contributed by atoms with E-state index < -0.39 is 9.84 Å². The number of halogens is 2. The average Bonchev–Trinajstić information content (AvgIpc) is 2.70. The van der Waals surface area contributed by atoms with E-state index in [1.165, 1.54) is 30.1 Å². The number of hydrogen-bond acceptors (Lipinski definition) is 5. The second kappa shape index (κ2) is 9.63. The summed E-state index contributed by atoms with van der Waals surface area (Å²) < 4.78 is 24.9. The minimum absolute atomic E-state index is 0.0456. The lowest BCUT2D eigenvalue weighted by Crippen LogP contribution is -2.14. The highest BCUT2D eigenvalue weighted by atomic mass is 35.5. The molecular formula is C20H16Cl2N2O3S2. The molecule has 5 nitrogen and oxygen atoms in total. The van der Waals surface area contributed by atoms with Crippen molar-refractivity contribution in [3.63, 3.8) is 0 Å². The summed E-state index contributed by atoms with van der Waals surface area (Å²) in [7, 11) is -3.42. The lowest BCUT2D eigenvalue weighted by molar-refractivity contribution is 0.102. The van der Waals surface area contributed by atoms with Crippen LogP contribution < -0.4 is 5.32 Å². The van der Waals surface area contributed by atoms with Crippen LogP contribution in [0.1, 0.15) is 10.4 Å². The first-order valence-electron chi connectivity index (χ1n) is 8.49. The summed E-state index contributed by atoms with van der Waals surface area (Å²) >= 11 is 13.1. The van der Waals surface area contributed by atoms with E-state index in [0.29, 0.717) is 16.5 Å². The largest absolute Gasteiger partial charge is 0.321 e. The number of benzene rings is 2. The van der Waals surface area contributed by atoms with E-state index in [0.717, 1.165) is 4.90 Å². The summed E-state index contributed by atoms with van der Waals surface area (Å²) in [4.78, 5) is 17.4. The molecule has 1 N–H and O–H groups in total. The first-order chi connectivity index (χ1) is 13.9. The van der Waals surface area contributed by atoms with Gasteiger partial charge in [0.15, 0.2) is 9.84 Å². The number of thioether (sulfide) groups is 1. The fourth-order valence-corrected chi connectivity index (χ4v) is 5.46. The summed E-state index contributed by atoms with van der Waals surface area (Å²) in [5, 5.41) is 3.40. The van der Waals surface area contributed by atoms with Crippen LogP contribution in [0, 0.1) is 0 Å². The lowest BCUT2D eigenvalue weighted by Gasteiger charge is -2.11. The molecule has 0 radical (unpaired) electrons. The summed E-state index contributed by atoms with van der Waals surface area (Å²) in [5.41, 5.74) is 0.839. The zero-order chi connectivity index (χ0) is 20.9. The van der Waals surface area contributed by atoms with Gasteiger partial charge in [-0.2, -0.15) is 0 Å². The molecule has 29 heavy (non-hydrogen) atoms. The van der Waals surface area contributed by atoms with E-state index in [1.807, 2.05) is 12.1 Å². The van der Waals surface area contributed by atoms with E-state index in [-0.39, 0.29) is 27.3 Å². The molecule has 0 saturated heterocycles. The molecule has 1 aromatic heterocycles. The number of anilines is 1. The Bertz CT molecular complexity index is 1120. The van der Waals surface area contributed by atoms with Crippen LogP contribution in [0.3, 0.4) is 0 Å². The van der Waals surface area contributed by atoms with Crippen molar-refractivity contribution >= 4 is 56.4 Å². The number of hydrogen-bond donors (Lipinski definition) is 1. The molecule has 0 unspecified atom stereocenters. The van der Waals surface area contributed by atoms with E-state index in [2.05, 4.69) is 10.3 Å². The number of nitrogens with zero attached hydrogens (tertiary/aromatic N) is 1. The van der Waals surface area contributed by atoms with E-state index >= 15 is 0 Å². The quantitative estimate of drug-likeness (QED) is 0.382. The maximum Gasteiger partial charge on any atom is 0.258 e. The highest BCUT2D eigenvalue weighted by Gasteiger charge is 2.16. The van der Waals surface area contributed by atoms with Crippen LogP contribution in [0.5, 0.6) is 0 Å². The maximum atomic E-state index is 12.5. The average molecular weight is 467 g/mol. The first-order valence-corrected chi connectivity index (χ1v) is 11.9. The topological polar surface area (TPSA) is 76.1 Å². The van der Waals surface area contributed by atoms with Crippen molar-refractivity contribution in [3.05, 3.63) is 82.6 Å². The van der Waals surface area contributed by atoms with Gasteiger partial charge in [-0.25, -0.2) is 13.4 Å². The normalized spacial score (nSPS) is 11.2. The van der Waals surface area contributed by atoms with E-state index in [9.17, 15) is 13.2 Å². The highest BCUT2D eigenvalue weighted by Crippen LogP contribution is 2.28. The van der Waals surface area contributed by atoms with Gasteiger partial charge < -0.3 is 5.32 Å². The number of pyridine rings is 1. The van der Waals surface area contributed by atoms with Crippen LogP contribution >= 0.6 is 35.0 Å². The molecule has 9 heteroatoms. The van der Waals surface area contributed by atoms with Gasteiger partial charge >= 0.3 is 0 Å². The van der Waals surface area contributed by atoms with Crippen LogP contribution in [0.15, 0.2) is 76.7 Å². The number of sulfone groups is 1. The van der Waals surface area contributed by atoms with Gasteiger partial charge in [-0.05, 0) is 48.5 Å². The SMILES string of the molecule is O=C(Nc1ccccc1SCCS(=O)(=O)c1ccc(Cl)cc1)c1cccnc1Cl. The summed E-state index contributed by atoms with van der Waals surface area (Å²) in [6.45, 7) is 0. The van der Waals surface area contributed by atoms with Crippen molar-refractivity contribution in [2.75, 3.05) is 16.8 Å². The molecule has 0 atom stereocenters. The number of nitrogens with one attached hydrogen (secondary N) is 1. The molecule has 3 rings (SSSR count). The number of amides is 1. The minimum Gasteiger partial charge on any atom is -0.321 e. The summed E-state index contributed by atoms with van der Waals surface area (Å²) in [5.74, 6) is -0.105. The Kier molecular flexibility index (Phi) is 7.18. The number of aromatic nitrogens is 1. The molecule has 150 valence electrons. The minimum atomic E-state index is -3.42. The molecule has 1 amide bonds. The second-order valence-electron chi connectivity index (χ2n) is 5.91. The molecule has 0 aliphatic heterocycles.